The van der Waals surface area contributed by atoms with E-state index in [1.807, 2.05) is 25.1 Å². The van der Waals surface area contributed by atoms with Crippen LogP contribution in [-0.4, -0.2) is 30.7 Å². The second-order valence-electron chi connectivity index (χ2n) is 5.66. The number of carboxylic acid groups (broad SMARTS) is 1. The van der Waals surface area contributed by atoms with Crippen LogP contribution in [0, 0.1) is 18.3 Å². The number of para-hydroxylation sites is 1. The molecule has 2 N–H and O–H groups in total. The number of nitrogens with zero attached hydrogens (tertiary/aromatic N) is 1. The minimum absolute atomic E-state index is 0.0617. The summed E-state index contributed by atoms with van der Waals surface area (Å²) in [5.74, 6) is -1.50. The van der Waals surface area contributed by atoms with E-state index in [9.17, 15) is 14.9 Å². The van der Waals surface area contributed by atoms with E-state index in [1.165, 1.54) is 25.3 Å². The van der Waals surface area contributed by atoms with Gasteiger partial charge in [0, 0.05) is 5.69 Å². The Bertz CT molecular complexity index is 979. The van der Waals surface area contributed by atoms with Crippen LogP contribution < -0.4 is 14.8 Å². The van der Waals surface area contributed by atoms with Crippen molar-refractivity contribution >= 4 is 35.2 Å². The normalized spacial score (nSPS) is 10.7. The number of ether oxygens (including phenoxy) is 2. The van der Waals surface area contributed by atoms with Gasteiger partial charge in [0.1, 0.15) is 11.6 Å². The van der Waals surface area contributed by atoms with Crippen molar-refractivity contribution in [1.29, 1.82) is 5.26 Å². The second kappa shape index (κ2) is 9.44. The lowest BCUT2D eigenvalue weighted by atomic mass is 10.1. The topological polar surface area (TPSA) is 109 Å². The number of aryl methyl sites for hydroxylation is 1. The van der Waals surface area contributed by atoms with Crippen molar-refractivity contribution in [3.8, 4) is 17.6 Å². The van der Waals surface area contributed by atoms with E-state index in [4.69, 9.17) is 26.2 Å². The van der Waals surface area contributed by atoms with E-state index in [0.29, 0.717) is 11.3 Å². The fourth-order valence-corrected chi connectivity index (χ4v) is 2.59. The first-order chi connectivity index (χ1) is 13.3. The fourth-order valence-electron chi connectivity index (χ4n) is 2.32. The fraction of sp³-hybridized carbons (Fsp3) is 0.150. The molecule has 0 aliphatic heterocycles. The van der Waals surface area contributed by atoms with Crippen LogP contribution in [0.2, 0.25) is 5.02 Å². The number of anilines is 1. The maximum Gasteiger partial charge on any atom is 0.341 e. The Labute approximate surface area is 166 Å². The van der Waals surface area contributed by atoms with Crippen LogP contribution in [0.5, 0.6) is 11.5 Å². The smallest absolute Gasteiger partial charge is 0.341 e. The summed E-state index contributed by atoms with van der Waals surface area (Å²) in [6.07, 6.45) is 1.35. The second-order valence-corrected chi connectivity index (χ2v) is 6.06. The van der Waals surface area contributed by atoms with Crippen LogP contribution in [0.4, 0.5) is 5.69 Å². The number of aliphatic carboxylic acids is 1. The largest absolute Gasteiger partial charge is 0.493 e. The standard InChI is InChI=1S/C20H17ClN2O5/c1-12-5-3-4-6-16(12)23-20(26)14(10-22)7-13-8-15(21)19(17(9-13)27-2)28-11-18(24)25/h3-9H,11H2,1-2H3,(H,23,26)(H,24,25)/b14-7+. The number of carbonyl (C=O) groups is 2. The van der Waals surface area contributed by atoms with E-state index in [2.05, 4.69) is 5.32 Å². The first-order valence-corrected chi connectivity index (χ1v) is 8.44. The van der Waals surface area contributed by atoms with Crippen LogP contribution >= 0.6 is 11.6 Å². The average Bonchev–Trinajstić information content (AvgIpc) is 2.66. The number of halogens is 1. The molecule has 0 radical (unpaired) electrons. The lowest BCUT2D eigenvalue weighted by Gasteiger charge is -2.12. The maximum absolute atomic E-state index is 12.4. The van der Waals surface area contributed by atoms with Crippen LogP contribution in [0.25, 0.3) is 6.08 Å². The van der Waals surface area contributed by atoms with E-state index in [1.54, 1.807) is 12.1 Å². The van der Waals surface area contributed by atoms with Gasteiger partial charge in [-0.2, -0.15) is 5.26 Å². The lowest BCUT2D eigenvalue weighted by Crippen LogP contribution is -2.14. The summed E-state index contributed by atoms with van der Waals surface area (Å²) in [5, 5.41) is 20.9. The summed E-state index contributed by atoms with van der Waals surface area (Å²) in [6, 6.07) is 12.0. The predicted molar refractivity (Wildman–Crippen MR) is 105 cm³/mol. The summed E-state index contributed by atoms with van der Waals surface area (Å²) in [5.41, 5.74) is 1.74. The van der Waals surface area contributed by atoms with Gasteiger partial charge in [0.2, 0.25) is 0 Å². The molecule has 0 atom stereocenters. The lowest BCUT2D eigenvalue weighted by molar-refractivity contribution is -0.139. The number of nitrogens with one attached hydrogen (secondary N) is 1. The molecule has 7 nitrogen and oxygen atoms in total. The Morgan fingerprint density at radius 3 is 2.64 bits per heavy atom. The van der Waals surface area contributed by atoms with Crippen LogP contribution in [0.15, 0.2) is 42.0 Å². The minimum Gasteiger partial charge on any atom is -0.493 e. The van der Waals surface area contributed by atoms with Gasteiger partial charge in [0.25, 0.3) is 5.91 Å². The van der Waals surface area contributed by atoms with E-state index < -0.39 is 18.5 Å². The van der Waals surface area contributed by atoms with E-state index >= 15 is 0 Å². The third-order valence-electron chi connectivity index (χ3n) is 3.66. The van der Waals surface area contributed by atoms with Crippen molar-refractivity contribution in [3.05, 3.63) is 58.1 Å². The molecule has 0 aliphatic carbocycles. The summed E-state index contributed by atoms with van der Waals surface area (Å²) in [4.78, 5) is 23.1. The number of benzene rings is 2. The number of nitriles is 1. The van der Waals surface area contributed by atoms with Gasteiger partial charge in [0.05, 0.1) is 12.1 Å². The Morgan fingerprint density at radius 2 is 2.04 bits per heavy atom. The number of carboxylic acids is 1. The summed E-state index contributed by atoms with van der Waals surface area (Å²) >= 11 is 6.14. The molecular formula is C20H17ClN2O5. The first kappa shape index (κ1) is 20.8. The monoisotopic (exact) mass is 400 g/mol. The van der Waals surface area contributed by atoms with Gasteiger partial charge in [-0.15, -0.1) is 0 Å². The quantitative estimate of drug-likeness (QED) is 0.542. The van der Waals surface area contributed by atoms with Gasteiger partial charge in [-0.3, -0.25) is 4.79 Å². The Morgan fingerprint density at radius 1 is 1.32 bits per heavy atom. The van der Waals surface area contributed by atoms with Gasteiger partial charge < -0.3 is 19.9 Å². The molecule has 144 valence electrons. The van der Waals surface area contributed by atoms with Crippen molar-refractivity contribution in [3.63, 3.8) is 0 Å². The van der Waals surface area contributed by atoms with Crippen molar-refractivity contribution in [2.24, 2.45) is 0 Å². The van der Waals surface area contributed by atoms with Crippen molar-refractivity contribution in [2.45, 2.75) is 6.92 Å². The van der Waals surface area contributed by atoms with Gasteiger partial charge in [-0.1, -0.05) is 29.8 Å². The van der Waals surface area contributed by atoms with Crippen LogP contribution in [-0.2, 0) is 9.59 Å². The molecule has 0 bridgehead atoms. The molecule has 28 heavy (non-hydrogen) atoms. The molecular weight excluding hydrogens is 384 g/mol. The van der Waals surface area contributed by atoms with E-state index in [0.717, 1.165) is 5.56 Å². The molecule has 2 aromatic carbocycles. The molecule has 0 fully saturated rings. The SMILES string of the molecule is COc1cc(/C=C(\C#N)C(=O)Nc2ccccc2C)cc(Cl)c1OCC(=O)O. The zero-order valence-electron chi connectivity index (χ0n) is 15.2. The summed E-state index contributed by atoms with van der Waals surface area (Å²) in [6.45, 7) is 1.25. The molecule has 0 spiro atoms. The highest BCUT2D eigenvalue weighted by atomic mass is 35.5. The highest BCUT2D eigenvalue weighted by Gasteiger charge is 2.15. The molecule has 0 saturated heterocycles. The Balaban J connectivity index is 2.32. The van der Waals surface area contributed by atoms with Crippen molar-refractivity contribution in [1.82, 2.24) is 0 Å². The number of methoxy groups -OCH3 is 1. The zero-order chi connectivity index (χ0) is 20.7. The van der Waals surface area contributed by atoms with Gasteiger partial charge in [-0.25, -0.2) is 4.79 Å². The molecule has 0 unspecified atom stereocenters. The Kier molecular flexibility index (Phi) is 7.02. The molecule has 1 amide bonds. The molecule has 0 heterocycles. The molecule has 2 aromatic rings. The zero-order valence-corrected chi connectivity index (χ0v) is 15.9. The third kappa shape index (κ3) is 5.25. The van der Waals surface area contributed by atoms with Crippen molar-refractivity contribution < 1.29 is 24.2 Å². The van der Waals surface area contributed by atoms with Crippen LogP contribution in [0.3, 0.4) is 0 Å². The summed E-state index contributed by atoms with van der Waals surface area (Å²) < 4.78 is 10.3. The first-order valence-electron chi connectivity index (χ1n) is 8.06. The molecule has 0 aliphatic rings. The van der Waals surface area contributed by atoms with Crippen molar-refractivity contribution in [2.75, 3.05) is 19.0 Å². The minimum atomic E-state index is -1.17. The highest BCUT2D eigenvalue weighted by Crippen LogP contribution is 2.37. The van der Waals surface area contributed by atoms with E-state index in [-0.39, 0.29) is 22.1 Å². The molecule has 0 aromatic heterocycles. The predicted octanol–water partition coefficient (Wildman–Crippen LogP) is 3.67. The summed E-state index contributed by atoms with van der Waals surface area (Å²) in [7, 11) is 1.36. The van der Waals surface area contributed by atoms with Crippen LogP contribution in [0.1, 0.15) is 11.1 Å². The highest BCUT2D eigenvalue weighted by molar-refractivity contribution is 6.32. The molecule has 2 rings (SSSR count). The third-order valence-corrected chi connectivity index (χ3v) is 3.94. The van der Waals surface area contributed by atoms with Gasteiger partial charge in [-0.05, 0) is 42.3 Å². The number of amides is 1. The molecule has 0 saturated carbocycles. The maximum atomic E-state index is 12.4. The number of hydrogen-bond acceptors (Lipinski definition) is 5. The Hall–Kier alpha value is -3.50. The van der Waals surface area contributed by atoms with Gasteiger partial charge >= 0.3 is 5.97 Å². The number of hydrogen-bond donors (Lipinski definition) is 2. The average molecular weight is 401 g/mol. The number of rotatable bonds is 7. The molecule has 8 heteroatoms. The van der Waals surface area contributed by atoms with Gasteiger partial charge in [0.15, 0.2) is 18.1 Å². The number of carbonyl (C=O) groups excluding carboxylic acids is 1.